The molecule has 0 unspecified atom stereocenters. The fourth-order valence-electron chi connectivity index (χ4n) is 0.882. The van der Waals surface area contributed by atoms with Crippen molar-refractivity contribution in [2.45, 2.75) is 6.92 Å². The van der Waals surface area contributed by atoms with Crippen molar-refractivity contribution in [2.75, 3.05) is 25.3 Å². The average Bonchev–Trinajstić information content (AvgIpc) is 2.06. The maximum Gasteiger partial charge on any atom is 0.155 e. The van der Waals surface area contributed by atoms with E-state index in [1.807, 2.05) is 26.0 Å². The molecule has 1 aromatic heterocycles. The standard InChI is InChI=1S/C8H13BrN4/c1-5-6(10)4-11-8(7(5)9)12-13(2)3/h4H,10H2,1-3H3,(H,11,12). The summed E-state index contributed by atoms with van der Waals surface area (Å²) >= 11 is 3.43. The number of hydrogen-bond acceptors (Lipinski definition) is 4. The summed E-state index contributed by atoms with van der Waals surface area (Å²) in [6.45, 7) is 1.95. The van der Waals surface area contributed by atoms with Crippen molar-refractivity contribution in [3.05, 3.63) is 16.2 Å². The van der Waals surface area contributed by atoms with Crippen LogP contribution in [0.3, 0.4) is 0 Å². The molecule has 0 spiro atoms. The van der Waals surface area contributed by atoms with Crippen molar-refractivity contribution in [3.8, 4) is 0 Å². The van der Waals surface area contributed by atoms with E-state index in [1.165, 1.54) is 0 Å². The van der Waals surface area contributed by atoms with E-state index < -0.39 is 0 Å². The molecule has 0 radical (unpaired) electrons. The molecule has 0 aliphatic carbocycles. The minimum Gasteiger partial charge on any atom is -0.397 e. The molecule has 0 fully saturated rings. The van der Waals surface area contributed by atoms with Crippen molar-refractivity contribution < 1.29 is 0 Å². The van der Waals surface area contributed by atoms with E-state index >= 15 is 0 Å². The molecule has 0 bridgehead atoms. The Morgan fingerprint density at radius 3 is 2.69 bits per heavy atom. The van der Waals surface area contributed by atoms with Gasteiger partial charge in [-0.15, -0.1) is 0 Å². The Bertz CT molecular complexity index is 311. The monoisotopic (exact) mass is 244 g/mol. The molecular weight excluding hydrogens is 232 g/mol. The van der Waals surface area contributed by atoms with Crippen LogP contribution in [0.2, 0.25) is 0 Å². The summed E-state index contributed by atoms with van der Waals surface area (Å²) in [6.07, 6.45) is 1.64. The van der Waals surface area contributed by atoms with Crippen LogP contribution in [0.1, 0.15) is 5.56 Å². The van der Waals surface area contributed by atoms with Gasteiger partial charge in [0, 0.05) is 14.1 Å². The Hall–Kier alpha value is -0.810. The molecule has 1 heterocycles. The van der Waals surface area contributed by atoms with Gasteiger partial charge in [-0.3, -0.25) is 0 Å². The Morgan fingerprint density at radius 2 is 2.15 bits per heavy atom. The van der Waals surface area contributed by atoms with Crippen molar-refractivity contribution in [3.63, 3.8) is 0 Å². The quantitative estimate of drug-likeness (QED) is 0.777. The highest BCUT2D eigenvalue weighted by Gasteiger charge is 2.06. The zero-order valence-corrected chi connectivity index (χ0v) is 9.51. The molecule has 4 nitrogen and oxygen atoms in total. The fraction of sp³-hybridized carbons (Fsp3) is 0.375. The summed E-state index contributed by atoms with van der Waals surface area (Å²) in [5, 5.41) is 1.82. The Balaban J connectivity index is 3.04. The Kier molecular flexibility index (Phi) is 3.11. The molecular formula is C8H13BrN4. The number of nitrogen functional groups attached to an aromatic ring is 1. The molecule has 5 heteroatoms. The van der Waals surface area contributed by atoms with Gasteiger partial charge in [0.25, 0.3) is 0 Å². The average molecular weight is 245 g/mol. The van der Waals surface area contributed by atoms with Gasteiger partial charge in [0.1, 0.15) is 0 Å². The van der Waals surface area contributed by atoms with E-state index in [2.05, 4.69) is 26.3 Å². The zero-order chi connectivity index (χ0) is 10.0. The first-order valence-corrected chi connectivity index (χ1v) is 4.66. The maximum atomic E-state index is 5.69. The van der Waals surface area contributed by atoms with Crippen LogP contribution in [-0.2, 0) is 0 Å². The lowest BCUT2D eigenvalue weighted by Gasteiger charge is -2.15. The van der Waals surface area contributed by atoms with Crippen molar-refractivity contribution in [2.24, 2.45) is 0 Å². The summed E-state index contributed by atoms with van der Waals surface area (Å²) in [4.78, 5) is 4.15. The predicted octanol–water partition coefficient (Wildman–Crippen LogP) is 1.62. The van der Waals surface area contributed by atoms with Crippen LogP contribution in [0.15, 0.2) is 10.7 Å². The van der Waals surface area contributed by atoms with Gasteiger partial charge >= 0.3 is 0 Å². The minimum atomic E-state index is 0.691. The van der Waals surface area contributed by atoms with E-state index in [0.29, 0.717) is 5.69 Å². The largest absolute Gasteiger partial charge is 0.397 e. The van der Waals surface area contributed by atoms with Crippen LogP contribution in [0.25, 0.3) is 0 Å². The molecule has 0 atom stereocenters. The van der Waals surface area contributed by atoms with E-state index in [1.54, 1.807) is 6.20 Å². The minimum absolute atomic E-state index is 0.691. The topological polar surface area (TPSA) is 54.2 Å². The molecule has 72 valence electrons. The molecule has 0 saturated carbocycles. The molecule has 0 aliphatic heterocycles. The summed E-state index contributed by atoms with van der Waals surface area (Å²) in [5.41, 5.74) is 10.4. The highest BCUT2D eigenvalue weighted by atomic mass is 79.9. The van der Waals surface area contributed by atoms with E-state index in [9.17, 15) is 0 Å². The number of halogens is 1. The van der Waals surface area contributed by atoms with Gasteiger partial charge in [-0.05, 0) is 28.4 Å². The first kappa shape index (κ1) is 10.3. The number of pyridine rings is 1. The Morgan fingerprint density at radius 1 is 1.54 bits per heavy atom. The maximum absolute atomic E-state index is 5.69. The molecule has 13 heavy (non-hydrogen) atoms. The zero-order valence-electron chi connectivity index (χ0n) is 7.93. The Labute approximate surface area is 86.2 Å². The smallest absolute Gasteiger partial charge is 0.155 e. The summed E-state index contributed by atoms with van der Waals surface area (Å²) in [6, 6.07) is 0. The second kappa shape index (κ2) is 3.93. The van der Waals surface area contributed by atoms with Crippen LogP contribution < -0.4 is 11.2 Å². The number of aromatic nitrogens is 1. The number of nitrogens with two attached hydrogens (primary N) is 1. The highest BCUT2D eigenvalue weighted by Crippen LogP contribution is 2.27. The third kappa shape index (κ3) is 2.32. The molecule has 0 saturated heterocycles. The van der Waals surface area contributed by atoms with Gasteiger partial charge in [-0.1, -0.05) is 0 Å². The normalized spacial score (nSPS) is 10.5. The molecule has 0 amide bonds. The molecule has 1 aromatic rings. The number of nitrogens with zero attached hydrogens (tertiary/aromatic N) is 2. The first-order valence-electron chi connectivity index (χ1n) is 3.87. The molecule has 0 aliphatic rings. The van der Waals surface area contributed by atoms with Crippen LogP contribution in [0, 0.1) is 6.92 Å². The fourth-order valence-corrected chi connectivity index (χ4v) is 1.30. The number of hydrazine groups is 1. The summed E-state index contributed by atoms with van der Waals surface area (Å²) in [5.74, 6) is 0.775. The van der Waals surface area contributed by atoms with Crippen LogP contribution in [0.5, 0.6) is 0 Å². The van der Waals surface area contributed by atoms with Crippen LogP contribution in [0.4, 0.5) is 11.5 Å². The number of nitrogens with one attached hydrogen (secondary N) is 1. The second-order valence-electron chi connectivity index (χ2n) is 3.01. The van der Waals surface area contributed by atoms with E-state index in [0.717, 1.165) is 15.9 Å². The summed E-state index contributed by atoms with van der Waals surface area (Å²) in [7, 11) is 3.81. The number of anilines is 2. The molecule has 1 rings (SSSR count). The third-order valence-corrected chi connectivity index (χ3v) is 2.60. The predicted molar refractivity (Wildman–Crippen MR) is 58.4 cm³/mol. The van der Waals surface area contributed by atoms with Crippen LogP contribution in [-0.4, -0.2) is 24.1 Å². The van der Waals surface area contributed by atoms with Gasteiger partial charge in [-0.25, -0.2) is 9.99 Å². The molecule has 3 N–H and O–H groups in total. The van der Waals surface area contributed by atoms with Gasteiger partial charge in [0.05, 0.1) is 16.4 Å². The van der Waals surface area contributed by atoms with Gasteiger partial charge in [-0.2, -0.15) is 0 Å². The first-order chi connectivity index (χ1) is 6.02. The van der Waals surface area contributed by atoms with Crippen molar-refractivity contribution in [1.82, 2.24) is 9.99 Å². The lowest BCUT2D eigenvalue weighted by atomic mass is 10.2. The van der Waals surface area contributed by atoms with Gasteiger partial charge in [0.15, 0.2) is 5.82 Å². The van der Waals surface area contributed by atoms with Crippen molar-refractivity contribution in [1.29, 1.82) is 0 Å². The lowest BCUT2D eigenvalue weighted by molar-refractivity contribution is 0.492. The second-order valence-corrected chi connectivity index (χ2v) is 3.80. The highest BCUT2D eigenvalue weighted by molar-refractivity contribution is 9.10. The lowest BCUT2D eigenvalue weighted by Crippen LogP contribution is -2.21. The van der Waals surface area contributed by atoms with Crippen LogP contribution >= 0.6 is 15.9 Å². The SMILES string of the molecule is Cc1c(N)cnc(NN(C)C)c1Br. The van der Waals surface area contributed by atoms with Gasteiger partial charge < -0.3 is 11.2 Å². The third-order valence-electron chi connectivity index (χ3n) is 1.63. The number of hydrogen-bond donors (Lipinski definition) is 2. The van der Waals surface area contributed by atoms with Crippen molar-refractivity contribution >= 4 is 27.4 Å². The summed E-state index contributed by atoms with van der Waals surface area (Å²) < 4.78 is 0.904. The van der Waals surface area contributed by atoms with E-state index in [-0.39, 0.29) is 0 Å². The van der Waals surface area contributed by atoms with Gasteiger partial charge in [0.2, 0.25) is 0 Å². The van der Waals surface area contributed by atoms with E-state index in [4.69, 9.17) is 5.73 Å². The molecule has 0 aromatic carbocycles. The number of rotatable bonds is 2.